The van der Waals surface area contributed by atoms with Gasteiger partial charge in [0.2, 0.25) is 5.91 Å². The Hall–Kier alpha value is -6.03. The zero-order valence-electron chi connectivity index (χ0n) is 39.4. The molecule has 0 aliphatic heterocycles. The minimum Gasteiger partial charge on any atom is -0.487 e. The number of alkyl halides is 5. The largest absolute Gasteiger partial charge is 0.573 e. The molecule has 5 aromatic carbocycles. The highest BCUT2D eigenvalue weighted by atomic mass is 35.5. The van der Waals surface area contributed by atoms with Crippen molar-refractivity contribution < 1.29 is 65.2 Å². The van der Waals surface area contributed by atoms with Gasteiger partial charge < -0.3 is 35.1 Å². The Bertz CT molecular complexity index is 2700. The molecule has 0 aliphatic carbocycles. The minimum absolute atomic E-state index is 0.00133. The van der Waals surface area contributed by atoms with E-state index >= 15 is 0 Å². The molecule has 2 unspecified atom stereocenters. The van der Waals surface area contributed by atoms with Crippen LogP contribution in [0.25, 0.3) is 20.9 Å². The first-order valence-electron chi connectivity index (χ1n) is 21.2. The van der Waals surface area contributed by atoms with E-state index in [1.54, 1.807) is 65.0 Å². The molecule has 0 spiro atoms. The lowest BCUT2D eigenvalue weighted by Crippen LogP contribution is -2.55. The van der Waals surface area contributed by atoms with Crippen LogP contribution in [0.4, 0.5) is 22.0 Å². The predicted molar refractivity (Wildman–Crippen MR) is 263 cm³/mol. The number of hydrogen-bond acceptors (Lipinski definition) is 9. The lowest BCUT2D eigenvalue weighted by molar-refractivity contribution is -0.274. The molecule has 0 fully saturated rings. The van der Waals surface area contributed by atoms with Gasteiger partial charge in [-0.25, -0.2) is 4.79 Å². The van der Waals surface area contributed by atoms with Gasteiger partial charge in [0.05, 0.1) is 5.56 Å². The first-order valence-corrected chi connectivity index (χ1v) is 23.0. The second-order valence-electron chi connectivity index (χ2n) is 16.4. The average molecular weight is 1020 g/mol. The predicted octanol–water partition coefficient (Wildman–Crippen LogP) is 13.2. The van der Waals surface area contributed by atoms with Crippen molar-refractivity contribution in [2.75, 3.05) is 0 Å². The average Bonchev–Trinajstić information content (AvgIpc) is 3.64. The van der Waals surface area contributed by atoms with Crippen LogP contribution in [-0.4, -0.2) is 46.4 Å². The van der Waals surface area contributed by atoms with E-state index < -0.39 is 29.6 Å². The van der Waals surface area contributed by atoms with E-state index in [-0.39, 0.29) is 52.6 Å². The molecule has 0 radical (unpaired) electrons. The van der Waals surface area contributed by atoms with Gasteiger partial charge in [-0.15, -0.1) is 24.5 Å². The van der Waals surface area contributed by atoms with E-state index in [9.17, 15) is 46.2 Å². The van der Waals surface area contributed by atoms with E-state index in [0.717, 1.165) is 15.5 Å². The van der Waals surface area contributed by atoms with Gasteiger partial charge in [-0.3, -0.25) is 14.4 Å². The lowest BCUT2D eigenvalue weighted by atomic mass is 9.88. The molecule has 372 valence electrons. The van der Waals surface area contributed by atoms with Crippen LogP contribution in [0.3, 0.4) is 0 Å². The number of ether oxygens (including phenoxy) is 4. The van der Waals surface area contributed by atoms with Crippen molar-refractivity contribution in [2.45, 2.75) is 93.3 Å². The highest BCUT2D eigenvalue weighted by molar-refractivity contribution is 7.21. The number of primary amides is 1. The summed E-state index contributed by atoms with van der Waals surface area (Å²) in [6.45, 7) is 15.8. The third kappa shape index (κ3) is 16.9. The summed E-state index contributed by atoms with van der Waals surface area (Å²) < 4.78 is 83.6. The second kappa shape index (κ2) is 24.5. The van der Waals surface area contributed by atoms with Crippen LogP contribution in [0.1, 0.15) is 93.5 Å². The fourth-order valence-corrected chi connectivity index (χ4v) is 7.14. The molecule has 1 aromatic heterocycles. The Labute approximate surface area is 408 Å². The van der Waals surface area contributed by atoms with Crippen LogP contribution < -0.4 is 30.0 Å². The number of hydrogen-bond donors (Lipinski definition) is 3. The van der Waals surface area contributed by atoms with Crippen LogP contribution >= 0.6 is 32.2 Å². The number of carbonyl (C=O) groups is 4. The Balaban J connectivity index is 0.000000315. The quantitative estimate of drug-likeness (QED) is 0.0547. The Morgan fingerprint density at radius 2 is 1.19 bits per heavy atom. The maximum absolute atomic E-state index is 13.1. The molecule has 19 heteroatoms. The van der Waals surface area contributed by atoms with Crippen molar-refractivity contribution in [3.63, 3.8) is 0 Å². The SMILES string of the molecule is CC.CC(=O)c1cc(Cl)c2ccccc2c1OCc1ccc(OC(F)(F)F)cc1.CC(C)(C)C(N)=O.CC(C)C(C)(NC(=O)c1sc2ccccc2c1OCc1ccc(OC(F)(F)P)cc1)C(=O)O. The van der Waals surface area contributed by atoms with Crippen LogP contribution in [-0.2, 0) is 22.8 Å². The number of carbonyl (C=O) groups excluding carboxylic acids is 3. The first-order chi connectivity index (χ1) is 32.1. The smallest absolute Gasteiger partial charge is 0.487 e. The summed E-state index contributed by atoms with van der Waals surface area (Å²) in [4.78, 5) is 47.4. The van der Waals surface area contributed by atoms with Gasteiger partial charge >= 0.3 is 18.2 Å². The molecular weight excluding hydrogens is 966 g/mol. The summed E-state index contributed by atoms with van der Waals surface area (Å²) in [5, 5.41) is 14.9. The molecule has 0 bridgehead atoms. The highest BCUT2D eigenvalue weighted by Gasteiger charge is 2.39. The van der Waals surface area contributed by atoms with Crippen molar-refractivity contribution in [3.05, 3.63) is 130 Å². The van der Waals surface area contributed by atoms with Gasteiger partial charge in [0.15, 0.2) is 11.5 Å². The van der Waals surface area contributed by atoms with E-state index in [0.29, 0.717) is 38.6 Å². The van der Waals surface area contributed by atoms with Gasteiger partial charge in [-0.2, -0.15) is 8.78 Å². The van der Waals surface area contributed by atoms with Crippen molar-refractivity contribution in [1.29, 1.82) is 0 Å². The number of nitrogens with two attached hydrogens (primary N) is 1. The van der Waals surface area contributed by atoms with Gasteiger partial charge in [-0.05, 0) is 82.6 Å². The maximum atomic E-state index is 13.1. The number of halogens is 6. The zero-order valence-corrected chi connectivity index (χ0v) is 42.1. The Kier molecular flexibility index (Phi) is 20.3. The molecular formula is C50H55ClF5N2O9PS. The molecule has 0 aliphatic rings. The van der Waals surface area contributed by atoms with Gasteiger partial charge in [0, 0.05) is 31.3 Å². The summed E-state index contributed by atoms with van der Waals surface area (Å²) >= 11 is 7.46. The number of carboxylic acid groups (broad SMARTS) is 1. The molecule has 0 saturated heterocycles. The summed E-state index contributed by atoms with van der Waals surface area (Å²) in [6.07, 6.45) is -4.74. The van der Waals surface area contributed by atoms with Gasteiger partial charge in [0.25, 0.3) is 5.91 Å². The van der Waals surface area contributed by atoms with Crippen molar-refractivity contribution in [1.82, 2.24) is 5.32 Å². The lowest BCUT2D eigenvalue weighted by Gasteiger charge is -2.30. The number of aliphatic carboxylic acids is 1. The molecule has 2 atom stereocenters. The van der Waals surface area contributed by atoms with Crippen LogP contribution in [0.2, 0.25) is 5.02 Å². The molecule has 2 amide bonds. The number of thiophene rings is 1. The van der Waals surface area contributed by atoms with E-state index in [1.807, 2.05) is 50.2 Å². The summed E-state index contributed by atoms with van der Waals surface area (Å²) in [6, 6.07) is 27.4. The molecule has 4 N–H and O–H groups in total. The molecule has 11 nitrogen and oxygen atoms in total. The van der Waals surface area contributed by atoms with Crippen LogP contribution in [0.15, 0.2) is 103 Å². The van der Waals surface area contributed by atoms with Crippen molar-refractivity contribution >= 4 is 76.6 Å². The number of rotatable bonds is 14. The fourth-order valence-electron chi connectivity index (χ4n) is 5.68. The van der Waals surface area contributed by atoms with Gasteiger partial charge in [-0.1, -0.05) is 121 Å². The molecule has 69 heavy (non-hydrogen) atoms. The number of carboxylic acids is 1. The molecule has 0 saturated carbocycles. The van der Waals surface area contributed by atoms with E-state index in [2.05, 4.69) is 14.8 Å². The first kappa shape index (κ1) is 57.3. The third-order valence-electron chi connectivity index (χ3n) is 9.89. The van der Waals surface area contributed by atoms with Gasteiger partial charge in [0.1, 0.15) is 40.9 Å². The summed E-state index contributed by atoms with van der Waals surface area (Å²) in [5.74, 6) is -5.44. The topological polar surface area (TPSA) is 163 Å². The Morgan fingerprint density at radius 1 is 0.739 bits per heavy atom. The van der Waals surface area contributed by atoms with Crippen molar-refractivity contribution in [3.8, 4) is 23.0 Å². The molecule has 6 aromatic rings. The summed E-state index contributed by atoms with van der Waals surface area (Å²) in [5.41, 5.74) is 4.75. The van der Waals surface area contributed by atoms with Crippen LogP contribution in [0, 0.1) is 11.3 Å². The second-order valence-corrected chi connectivity index (χ2v) is 18.5. The third-order valence-corrected chi connectivity index (χ3v) is 11.5. The van der Waals surface area contributed by atoms with E-state index in [4.69, 9.17) is 26.8 Å². The number of ketones is 1. The Morgan fingerprint density at radius 3 is 1.62 bits per heavy atom. The fraction of sp³-hybridized carbons (Fsp3) is 0.320. The number of amides is 2. The highest BCUT2D eigenvalue weighted by Crippen LogP contribution is 2.40. The number of Topliss-reactive ketones (excluding diaryl/α,β-unsaturated/α-hetero) is 1. The van der Waals surface area contributed by atoms with Crippen molar-refractivity contribution in [2.24, 2.45) is 17.1 Å². The number of fused-ring (bicyclic) bond motifs is 2. The molecule has 1 heterocycles. The monoisotopic (exact) mass is 1020 g/mol. The van der Waals surface area contributed by atoms with E-state index in [1.165, 1.54) is 70.8 Å². The normalized spacial score (nSPS) is 12.2. The maximum Gasteiger partial charge on any atom is 0.573 e. The standard InChI is InChI=1S/C23H24F2NO5PS.C20H14ClF3O3.C5H11NO.C2H6/c1-13(2)22(3,21(28)29)26-20(27)19-18(16-6-4-5-7-17(16)33-19)30-12-14-8-10-15(11-9-14)31-23(24,25)32;1-12(25)17-10-18(21)15-4-2-3-5-16(15)19(17)26-11-13-6-8-14(9-7-13)27-20(22,23)24;1-5(2,3)4(6)7;1-2/h4-11,13H,12,32H2,1-3H3,(H,26,27)(H,28,29);2-10H,11H2,1H3;1-3H3,(H2,6,7);1-2H3. The molecule has 6 rings (SSSR count). The summed E-state index contributed by atoms with van der Waals surface area (Å²) in [7, 11) is 1.31. The van der Waals surface area contributed by atoms with Crippen LogP contribution in [0.5, 0.6) is 23.0 Å². The number of nitrogens with one attached hydrogen (secondary N) is 1. The zero-order chi connectivity index (χ0) is 52.1. The minimum atomic E-state index is -4.74. The number of benzene rings is 5.